The average Bonchev–Trinajstić information content (AvgIpc) is 2.69. The fourth-order valence-corrected chi connectivity index (χ4v) is 2.53. The molecule has 1 heterocycles. The molecule has 0 aliphatic heterocycles. The van der Waals surface area contributed by atoms with Crippen LogP contribution in [0.3, 0.4) is 0 Å². The second-order valence-electron chi connectivity index (χ2n) is 5.99. The van der Waals surface area contributed by atoms with Crippen molar-refractivity contribution in [2.24, 2.45) is 4.99 Å². The lowest BCUT2D eigenvalue weighted by Crippen LogP contribution is -2.04. The summed E-state index contributed by atoms with van der Waals surface area (Å²) in [4.78, 5) is 12.6. The Morgan fingerprint density at radius 2 is 1.76 bits per heavy atom. The van der Waals surface area contributed by atoms with Gasteiger partial charge in [0.1, 0.15) is 0 Å². The molecular formula is C20H18F3N5O. The number of aliphatic imine (C=N–C) groups is 1. The van der Waals surface area contributed by atoms with Crippen LogP contribution >= 0.6 is 0 Å². The number of nitrogens with one attached hydrogen (secondary N) is 1. The number of hydrogen-bond donors (Lipinski definition) is 2. The molecule has 0 fully saturated rings. The number of anilines is 3. The SMILES string of the molecule is COc1nc(N)nc(Nc2ccccc2)c1N=CCc1ccc(C(F)(F)F)cc1. The number of alkyl halides is 3. The number of para-hydroxylation sites is 1. The quantitative estimate of drug-likeness (QED) is 0.581. The Morgan fingerprint density at radius 1 is 1.07 bits per heavy atom. The summed E-state index contributed by atoms with van der Waals surface area (Å²) in [6.07, 6.45) is -2.49. The van der Waals surface area contributed by atoms with Gasteiger partial charge in [0.15, 0.2) is 11.5 Å². The van der Waals surface area contributed by atoms with Crippen LogP contribution in [-0.4, -0.2) is 23.3 Å². The number of methoxy groups -OCH3 is 1. The lowest BCUT2D eigenvalue weighted by Gasteiger charge is -2.11. The molecule has 0 atom stereocenters. The summed E-state index contributed by atoms with van der Waals surface area (Å²) < 4.78 is 43.2. The minimum Gasteiger partial charge on any atom is -0.479 e. The fraction of sp³-hybridized carbons (Fsp3) is 0.150. The van der Waals surface area contributed by atoms with E-state index >= 15 is 0 Å². The van der Waals surface area contributed by atoms with Crippen LogP contribution in [0.4, 0.5) is 36.3 Å². The lowest BCUT2D eigenvalue weighted by atomic mass is 10.1. The van der Waals surface area contributed by atoms with E-state index in [1.165, 1.54) is 19.2 Å². The Labute approximate surface area is 165 Å². The Hall–Kier alpha value is -3.62. The lowest BCUT2D eigenvalue weighted by molar-refractivity contribution is -0.137. The van der Waals surface area contributed by atoms with Crippen LogP contribution in [0, 0.1) is 0 Å². The van der Waals surface area contributed by atoms with Crippen molar-refractivity contribution >= 4 is 29.4 Å². The van der Waals surface area contributed by atoms with Gasteiger partial charge in [0.25, 0.3) is 0 Å². The highest BCUT2D eigenvalue weighted by atomic mass is 19.4. The van der Waals surface area contributed by atoms with E-state index in [4.69, 9.17) is 10.5 Å². The standard InChI is InChI=1S/C20H18F3N5O/c1-29-18-16(17(27-19(24)28-18)26-15-5-3-2-4-6-15)25-12-11-13-7-9-14(10-8-13)20(21,22)23/h2-10,12H,11H2,1H3,(H3,24,26,27,28). The summed E-state index contributed by atoms with van der Waals surface area (Å²) in [7, 11) is 1.43. The maximum absolute atomic E-state index is 12.7. The highest BCUT2D eigenvalue weighted by Gasteiger charge is 2.29. The minimum absolute atomic E-state index is 0.0157. The van der Waals surface area contributed by atoms with Crippen LogP contribution in [0.2, 0.25) is 0 Å². The highest BCUT2D eigenvalue weighted by molar-refractivity contribution is 5.78. The van der Waals surface area contributed by atoms with Gasteiger partial charge in [0, 0.05) is 18.3 Å². The number of nitrogens with zero attached hydrogens (tertiary/aromatic N) is 3. The maximum atomic E-state index is 12.7. The Bertz CT molecular complexity index is 989. The number of ether oxygens (including phenoxy) is 1. The number of rotatable bonds is 6. The minimum atomic E-state index is -4.36. The van der Waals surface area contributed by atoms with Crippen molar-refractivity contribution in [2.45, 2.75) is 12.6 Å². The summed E-state index contributed by atoms with van der Waals surface area (Å²) in [6, 6.07) is 14.2. The molecule has 3 rings (SSSR count). The second-order valence-corrected chi connectivity index (χ2v) is 5.99. The number of nitrogen functional groups attached to an aromatic ring is 1. The first-order valence-corrected chi connectivity index (χ1v) is 8.59. The molecular weight excluding hydrogens is 383 g/mol. The van der Waals surface area contributed by atoms with Gasteiger partial charge in [-0.05, 0) is 29.8 Å². The van der Waals surface area contributed by atoms with Gasteiger partial charge < -0.3 is 15.8 Å². The van der Waals surface area contributed by atoms with Gasteiger partial charge in [-0.15, -0.1) is 0 Å². The molecule has 0 radical (unpaired) electrons. The van der Waals surface area contributed by atoms with E-state index in [0.29, 0.717) is 23.5 Å². The second kappa shape index (κ2) is 8.59. The molecule has 29 heavy (non-hydrogen) atoms. The van der Waals surface area contributed by atoms with Crippen LogP contribution in [0.5, 0.6) is 5.88 Å². The third kappa shape index (κ3) is 5.22. The van der Waals surface area contributed by atoms with Crippen LogP contribution in [-0.2, 0) is 12.6 Å². The molecule has 0 aliphatic rings. The van der Waals surface area contributed by atoms with E-state index in [9.17, 15) is 13.2 Å². The Balaban J connectivity index is 1.83. The van der Waals surface area contributed by atoms with Gasteiger partial charge in [0.05, 0.1) is 12.7 Å². The third-order valence-corrected chi connectivity index (χ3v) is 3.93. The van der Waals surface area contributed by atoms with Gasteiger partial charge >= 0.3 is 6.18 Å². The van der Waals surface area contributed by atoms with Crippen LogP contribution in [0.25, 0.3) is 0 Å². The van der Waals surface area contributed by atoms with Crippen molar-refractivity contribution in [2.75, 3.05) is 18.2 Å². The van der Waals surface area contributed by atoms with Crippen molar-refractivity contribution in [3.63, 3.8) is 0 Å². The summed E-state index contributed by atoms with van der Waals surface area (Å²) >= 11 is 0. The molecule has 1 aromatic heterocycles. The van der Waals surface area contributed by atoms with Crippen molar-refractivity contribution in [1.82, 2.24) is 9.97 Å². The molecule has 0 saturated heterocycles. The molecule has 3 aromatic rings. The van der Waals surface area contributed by atoms with Crippen LogP contribution < -0.4 is 15.8 Å². The first-order valence-electron chi connectivity index (χ1n) is 8.59. The largest absolute Gasteiger partial charge is 0.479 e. The number of halogens is 3. The van der Waals surface area contributed by atoms with Crippen LogP contribution in [0.1, 0.15) is 11.1 Å². The van der Waals surface area contributed by atoms with Crippen LogP contribution in [0.15, 0.2) is 59.6 Å². The summed E-state index contributed by atoms with van der Waals surface area (Å²) in [5.41, 5.74) is 6.82. The molecule has 0 bridgehead atoms. The number of aromatic nitrogens is 2. The summed E-state index contributed by atoms with van der Waals surface area (Å²) in [6.45, 7) is 0. The van der Waals surface area contributed by atoms with E-state index in [1.54, 1.807) is 6.21 Å². The predicted molar refractivity (Wildman–Crippen MR) is 106 cm³/mol. The van der Waals surface area contributed by atoms with E-state index in [0.717, 1.165) is 17.8 Å². The van der Waals surface area contributed by atoms with E-state index in [1.807, 2.05) is 30.3 Å². The normalized spacial score (nSPS) is 11.6. The third-order valence-electron chi connectivity index (χ3n) is 3.93. The van der Waals surface area contributed by atoms with Crippen molar-refractivity contribution in [3.05, 3.63) is 65.7 Å². The Morgan fingerprint density at radius 3 is 2.38 bits per heavy atom. The monoisotopic (exact) mass is 401 g/mol. The number of nitrogens with two attached hydrogens (primary N) is 1. The zero-order valence-electron chi connectivity index (χ0n) is 15.4. The first kappa shape index (κ1) is 20.1. The van der Waals surface area contributed by atoms with Gasteiger partial charge in [-0.25, -0.2) is 0 Å². The molecule has 0 spiro atoms. The summed E-state index contributed by atoms with van der Waals surface area (Å²) in [5, 5.41) is 3.11. The average molecular weight is 401 g/mol. The molecule has 0 saturated carbocycles. The smallest absolute Gasteiger partial charge is 0.416 e. The number of hydrogen-bond acceptors (Lipinski definition) is 6. The van der Waals surface area contributed by atoms with E-state index in [-0.39, 0.29) is 11.8 Å². The molecule has 2 aromatic carbocycles. The molecule has 0 amide bonds. The molecule has 3 N–H and O–H groups in total. The number of benzene rings is 2. The van der Waals surface area contributed by atoms with Crippen molar-refractivity contribution in [1.29, 1.82) is 0 Å². The topological polar surface area (TPSA) is 85.4 Å². The molecule has 150 valence electrons. The van der Waals surface area contributed by atoms with Gasteiger partial charge in [-0.2, -0.15) is 23.1 Å². The first-order chi connectivity index (χ1) is 13.9. The zero-order valence-corrected chi connectivity index (χ0v) is 15.4. The van der Waals surface area contributed by atoms with E-state index in [2.05, 4.69) is 20.3 Å². The molecule has 9 heteroatoms. The molecule has 0 aliphatic carbocycles. The maximum Gasteiger partial charge on any atom is 0.416 e. The van der Waals surface area contributed by atoms with Crippen molar-refractivity contribution < 1.29 is 17.9 Å². The van der Waals surface area contributed by atoms with Crippen molar-refractivity contribution in [3.8, 4) is 5.88 Å². The molecule has 0 unspecified atom stereocenters. The highest BCUT2D eigenvalue weighted by Crippen LogP contribution is 2.35. The zero-order chi connectivity index (χ0) is 20.9. The predicted octanol–water partition coefficient (Wildman–Crippen LogP) is 4.77. The van der Waals surface area contributed by atoms with Gasteiger partial charge in [-0.3, -0.25) is 4.99 Å². The van der Waals surface area contributed by atoms with Gasteiger partial charge in [-0.1, -0.05) is 30.3 Å². The van der Waals surface area contributed by atoms with E-state index < -0.39 is 11.7 Å². The fourth-order valence-electron chi connectivity index (χ4n) is 2.53. The summed E-state index contributed by atoms with van der Waals surface area (Å²) in [5.74, 6) is 0.547. The Kier molecular flexibility index (Phi) is 5.96. The molecule has 6 nitrogen and oxygen atoms in total. The van der Waals surface area contributed by atoms with Gasteiger partial charge in [0.2, 0.25) is 11.8 Å².